The number of likely N-dealkylation sites (tertiary alicyclic amines) is 2. The second-order valence-electron chi connectivity index (χ2n) is 7.04. The summed E-state index contributed by atoms with van der Waals surface area (Å²) in [5.74, 6) is 0.648. The van der Waals surface area contributed by atoms with Crippen LogP contribution < -0.4 is 0 Å². The smallest absolute Gasteiger partial charge is 0.230 e. The number of amides is 1. The summed E-state index contributed by atoms with van der Waals surface area (Å²) in [7, 11) is 1.94. The first-order valence-corrected chi connectivity index (χ1v) is 8.33. The molecule has 0 aliphatic carbocycles. The topological polar surface area (TPSA) is 32.8 Å². The van der Waals surface area contributed by atoms with E-state index in [1.165, 1.54) is 5.56 Å². The fourth-order valence-electron chi connectivity index (χ4n) is 4.57. The Morgan fingerprint density at radius 2 is 2.09 bits per heavy atom. The van der Waals surface area contributed by atoms with Crippen LogP contribution in [0, 0.1) is 5.41 Å². The SMILES string of the molecule is CN1CC[C@]2(CN([C@@H]3CCOC3)C[C@H]2c2ccccc2)C1=O. The lowest BCUT2D eigenvalue weighted by Crippen LogP contribution is -2.40. The van der Waals surface area contributed by atoms with Crippen LogP contribution in [0.5, 0.6) is 0 Å². The maximum atomic E-state index is 12.9. The van der Waals surface area contributed by atoms with Crippen molar-refractivity contribution in [3.8, 4) is 0 Å². The quantitative estimate of drug-likeness (QED) is 0.834. The Kier molecular flexibility index (Phi) is 3.46. The number of nitrogens with zero attached hydrogens (tertiary/aromatic N) is 2. The normalized spacial score (nSPS) is 35.9. The van der Waals surface area contributed by atoms with Gasteiger partial charge in [-0.25, -0.2) is 0 Å². The van der Waals surface area contributed by atoms with Crippen LogP contribution in [0.3, 0.4) is 0 Å². The maximum absolute atomic E-state index is 12.9. The summed E-state index contributed by atoms with van der Waals surface area (Å²) in [6.45, 7) is 4.44. The molecule has 1 aromatic rings. The molecule has 1 amide bonds. The summed E-state index contributed by atoms with van der Waals surface area (Å²) in [4.78, 5) is 17.4. The van der Waals surface area contributed by atoms with Gasteiger partial charge in [-0.1, -0.05) is 30.3 Å². The van der Waals surface area contributed by atoms with Crippen molar-refractivity contribution in [1.82, 2.24) is 9.80 Å². The van der Waals surface area contributed by atoms with Crippen LogP contribution in [0.2, 0.25) is 0 Å². The molecule has 118 valence electrons. The third kappa shape index (κ3) is 2.09. The van der Waals surface area contributed by atoms with Crippen molar-refractivity contribution in [1.29, 1.82) is 0 Å². The van der Waals surface area contributed by atoms with Crippen molar-refractivity contribution in [2.45, 2.75) is 24.8 Å². The Morgan fingerprint density at radius 1 is 1.27 bits per heavy atom. The summed E-state index contributed by atoms with van der Waals surface area (Å²) in [6, 6.07) is 11.1. The van der Waals surface area contributed by atoms with Crippen molar-refractivity contribution in [2.24, 2.45) is 5.41 Å². The molecular weight excluding hydrogens is 276 g/mol. The molecule has 4 nitrogen and oxygen atoms in total. The van der Waals surface area contributed by atoms with Crippen molar-refractivity contribution in [3.63, 3.8) is 0 Å². The van der Waals surface area contributed by atoms with Gasteiger partial charge in [0.2, 0.25) is 5.91 Å². The highest BCUT2D eigenvalue weighted by molar-refractivity contribution is 5.86. The Labute approximate surface area is 132 Å². The second-order valence-corrected chi connectivity index (χ2v) is 7.04. The van der Waals surface area contributed by atoms with Crippen molar-refractivity contribution in [2.75, 3.05) is 39.9 Å². The molecule has 22 heavy (non-hydrogen) atoms. The predicted molar refractivity (Wildman–Crippen MR) is 84.7 cm³/mol. The van der Waals surface area contributed by atoms with E-state index >= 15 is 0 Å². The number of carbonyl (C=O) groups excluding carboxylic acids is 1. The maximum Gasteiger partial charge on any atom is 0.230 e. The van der Waals surface area contributed by atoms with Gasteiger partial charge in [-0.2, -0.15) is 0 Å². The summed E-state index contributed by atoms with van der Waals surface area (Å²) in [5, 5.41) is 0. The molecule has 0 N–H and O–H groups in total. The molecule has 0 saturated carbocycles. The zero-order valence-corrected chi connectivity index (χ0v) is 13.2. The van der Waals surface area contributed by atoms with Crippen LogP contribution in [0.4, 0.5) is 0 Å². The zero-order valence-electron chi connectivity index (χ0n) is 13.2. The van der Waals surface area contributed by atoms with E-state index in [9.17, 15) is 4.79 Å². The molecule has 0 unspecified atom stereocenters. The van der Waals surface area contributed by atoms with E-state index in [0.29, 0.717) is 17.9 Å². The lowest BCUT2D eigenvalue weighted by atomic mass is 9.73. The number of carbonyl (C=O) groups is 1. The number of benzene rings is 1. The Morgan fingerprint density at radius 3 is 2.73 bits per heavy atom. The molecule has 0 aromatic heterocycles. The van der Waals surface area contributed by atoms with Crippen LogP contribution in [0.15, 0.2) is 30.3 Å². The lowest BCUT2D eigenvalue weighted by Gasteiger charge is -2.29. The first-order chi connectivity index (χ1) is 10.7. The van der Waals surface area contributed by atoms with E-state index in [-0.39, 0.29) is 5.41 Å². The Hall–Kier alpha value is -1.39. The standard InChI is InChI=1S/C18H24N2O2/c1-19-9-8-18(17(19)21)13-20(15-7-10-22-12-15)11-16(18)14-5-3-2-4-6-14/h2-6,15-16H,7-13H2,1H3/t15-,16+,18-/m1/s1. The van der Waals surface area contributed by atoms with E-state index in [1.807, 2.05) is 11.9 Å². The molecule has 1 aromatic carbocycles. The second kappa shape index (κ2) is 5.36. The van der Waals surface area contributed by atoms with Gasteiger partial charge in [0.15, 0.2) is 0 Å². The fourth-order valence-corrected chi connectivity index (χ4v) is 4.57. The first kappa shape index (κ1) is 14.2. The van der Waals surface area contributed by atoms with Gasteiger partial charge in [-0.05, 0) is 18.4 Å². The van der Waals surface area contributed by atoms with Crippen molar-refractivity contribution in [3.05, 3.63) is 35.9 Å². The molecule has 3 aliphatic heterocycles. The Bertz CT molecular complexity index is 555. The highest BCUT2D eigenvalue weighted by atomic mass is 16.5. The molecule has 0 radical (unpaired) electrons. The van der Waals surface area contributed by atoms with E-state index in [2.05, 4.69) is 35.2 Å². The molecule has 3 saturated heterocycles. The van der Waals surface area contributed by atoms with E-state index in [0.717, 1.165) is 45.7 Å². The van der Waals surface area contributed by atoms with Crippen LogP contribution in [-0.2, 0) is 9.53 Å². The number of hydrogen-bond acceptors (Lipinski definition) is 3. The van der Waals surface area contributed by atoms with Crippen molar-refractivity contribution >= 4 is 5.91 Å². The number of hydrogen-bond donors (Lipinski definition) is 0. The number of ether oxygens (including phenoxy) is 1. The van der Waals surface area contributed by atoms with Gasteiger partial charge in [-0.3, -0.25) is 9.69 Å². The lowest BCUT2D eigenvalue weighted by molar-refractivity contribution is -0.135. The molecular formula is C18H24N2O2. The third-order valence-electron chi connectivity index (χ3n) is 5.86. The predicted octanol–water partition coefficient (Wildman–Crippen LogP) is 1.72. The molecule has 3 aliphatic rings. The molecule has 3 heterocycles. The van der Waals surface area contributed by atoms with Crippen molar-refractivity contribution < 1.29 is 9.53 Å². The monoisotopic (exact) mass is 300 g/mol. The van der Waals surface area contributed by atoms with Gasteiger partial charge >= 0.3 is 0 Å². The largest absolute Gasteiger partial charge is 0.380 e. The molecule has 3 fully saturated rings. The third-order valence-corrected chi connectivity index (χ3v) is 5.86. The summed E-state index contributed by atoms with van der Waals surface area (Å²) in [6.07, 6.45) is 2.08. The molecule has 4 rings (SSSR count). The summed E-state index contributed by atoms with van der Waals surface area (Å²) < 4.78 is 5.57. The summed E-state index contributed by atoms with van der Waals surface area (Å²) >= 11 is 0. The average Bonchev–Trinajstić information content (AvgIpc) is 3.25. The fraction of sp³-hybridized carbons (Fsp3) is 0.611. The van der Waals surface area contributed by atoms with Gasteiger partial charge in [-0.15, -0.1) is 0 Å². The first-order valence-electron chi connectivity index (χ1n) is 8.33. The number of rotatable bonds is 2. The average molecular weight is 300 g/mol. The van der Waals surface area contributed by atoms with E-state index in [4.69, 9.17) is 4.74 Å². The Balaban J connectivity index is 1.68. The minimum Gasteiger partial charge on any atom is -0.380 e. The molecule has 4 heteroatoms. The highest BCUT2D eigenvalue weighted by Gasteiger charge is 2.57. The van der Waals surface area contributed by atoms with Gasteiger partial charge in [0, 0.05) is 45.2 Å². The molecule has 0 bridgehead atoms. The van der Waals surface area contributed by atoms with Gasteiger partial charge in [0.25, 0.3) is 0 Å². The van der Waals surface area contributed by atoms with Gasteiger partial charge in [0.05, 0.1) is 12.0 Å². The van der Waals surface area contributed by atoms with Gasteiger partial charge < -0.3 is 9.64 Å². The van der Waals surface area contributed by atoms with E-state index < -0.39 is 0 Å². The minimum atomic E-state index is -0.224. The minimum absolute atomic E-state index is 0.224. The van der Waals surface area contributed by atoms with Gasteiger partial charge in [0.1, 0.15) is 0 Å². The van der Waals surface area contributed by atoms with Crippen LogP contribution >= 0.6 is 0 Å². The molecule has 1 spiro atoms. The van der Waals surface area contributed by atoms with Crippen LogP contribution in [0.1, 0.15) is 24.3 Å². The molecule has 3 atom stereocenters. The zero-order chi connectivity index (χ0) is 15.2. The van der Waals surface area contributed by atoms with E-state index in [1.54, 1.807) is 0 Å². The summed E-state index contributed by atoms with van der Waals surface area (Å²) in [5.41, 5.74) is 1.09. The van der Waals surface area contributed by atoms with Crippen LogP contribution in [-0.4, -0.2) is 61.6 Å². The highest BCUT2D eigenvalue weighted by Crippen LogP contribution is 2.50. The van der Waals surface area contributed by atoms with Crippen LogP contribution in [0.25, 0.3) is 0 Å².